The molecular formula is C19H28O6. The number of carbonyl (C=O) groups is 2. The molecule has 1 N–H and O–H groups in total. The van der Waals surface area contributed by atoms with Gasteiger partial charge in [-0.25, -0.2) is 4.79 Å². The molecule has 6 heteroatoms. The molecule has 0 amide bonds. The average Bonchev–Trinajstić information content (AvgIpc) is 2.65. The Balaban J connectivity index is 2.69. The Morgan fingerprint density at radius 2 is 1.76 bits per heavy atom. The van der Waals surface area contributed by atoms with Crippen LogP contribution in [-0.2, 0) is 25.5 Å². The van der Waals surface area contributed by atoms with Gasteiger partial charge in [0.1, 0.15) is 5.75 Å². The van der Waals surface area contributed by atoms with E-state index in [1.165, 1.54) is 14.2 Å². The van der Waals surface area contributed by atoms with Crippen molar-refractivity contribution in [3.63, 3.8) is 0 Å². The van der Waals surface area contributed by atoms with Crippen LogP contribution >= 0.6 is 0 Å². The Labute approximate surface area is 149 Å². The summed E-state index contributed by atoms with van der Waals surface area (Å²) >= 11 is 0. The summed E-state index contributed by atoms with van der Waals surface area (Å²) in [5, 5.41) is 8.81. The van der Waals surface area contributed by atoms with Crippen LogP contribution in [0.2, 0.25) is 0 Å². The number of hydrogen-bond donors (Lipinski definition) is 1. The molecule has 25 heavy (non-hydrogen) atoms. The second-order valence-corrected chi connectivity index (χ2v) is 5.82. The first-order chi connectivity index (χ1) is 12.1. The molecule has 1 rings (SSSR count). The van der Waals surface area contributed by atoms with Gasteiger partial charge in [-0.1, -0.05) is 37.5 Å². The molecule has 0 bridgehead atoms. The molecular weight excluding hydrogens is 324 g/mol. The zero-order valence-electron chi connectivity index (χ0n) is 15.0. The van der Waals surface area contributed by atoms with Gasteiger partial charge in [0.05, 0.1) is 20.1 Å². The standard InChI is InChI=1S/C19H28O6/c1-23-18(21)14-25-17-11-7-6-9-15(17)13-16(19(22)24-2)10-5-3-4-8-12-20/h6-7,9,11,16,20H,3-5,8,10,12-14H2,1-2H3. The van der Waals surface area contributed by atoms with Gasteiger partial charge in [-0.3, -0.25) is 4.79 Å². The Morgan fingerprint density at radius 1 is 1.04 bits per heavy atom. The number of aliphatic hydroxyl groups excluding tert-OH is 1. The van der Waals surface area contributed by atoms with Crippen molar-refractivity contribution < 1.29 is 28.9 Å². The number of benzene rings is 1. The van der Waals surface area contributed by atoms with E-state index in [-0.39, 0.29) is 25.1 Å². The van der Waals surface area contributed by atoms with Gasteiger partial charge in [0.15, 0.2) is 6.61 Å². The van der Waals surface area contributed by atoms with Crippen molar-refractivity contribution in [3.05, 3.63) is 29.8 Å². The molecule has 0 fully saturated rings. The van der Waals surface area contributed by atoms with Gasteiger partial charge in [0, 0.05) is 6.61 Å². The molecule has 0 saturated carbocycles. The number of carbonyl (C=O) groups excluding carboxylic acids is 2. The highest BCUT2D eigenvalue weighted by Gasteiger charge is 2.21. The zero-order valence-corrected chi connectivity index (χ0v) is 15.0. The van der Waals surface area contributed by atoms with Gasteiger partial charge < -0.3 is 19.3 Å². The van der Waals surface area contributed by atoms with Gasteiger partial charge in [0.25, 0.3) is 0 Å². The summed E-state index contributed by atoms with van der Waals surface area (Å²) in [5.41, 5.74) is 0.858. The minimum atomic E-state index is -0.455. The number of rotatable bonds is 12. The minimum absolute atomic E-state index is 0.169. The highest BCUT2D eigenvalue weighted by Crippen LogP contribution is 2.25. The fourth-order valence-corrected chi connectivity index (χ4v) is 2.60. The van der Waals surface area contributed by atoms with Gasteiger partial charge in [-0.15, -0.1) is 0 Å². The lowest BCUT2D eigenvalue weighted by Crippen LogP contribution is -2.20. The number of aliphatic hydroxyl groups is 1. The van der Waals surface area contributed by atoms with E-state index in [9.17, 15) is 9.59 Å². The normalized spacial score (nSPS) is 11.6. The maximum atomic E-state index is 12.1. The van der Waals surface area contributed by atoms with E-state index in [4.69, 9.17) is 14.6 Å². The number of esters is 2. The Kier molecular flexibility index (Phi) is 10.3. The second-order valence-electron chi connectivity index (χ2n) is 5.82. The number of hydrogen-bond acceptors (Lipinski definition) is 6. The molecule has 0 aromatic heterocycles. The molecule has 0 saturated heterocycles. The molecule has 6 nitrogen and oxygen atoms in total. The van der Waals surface area contributed by atoms with Crippen molar-refractivity contribution in [2.45, 2.75) is 38.5 Å². The van der Waals surface area contributed by atoms with Crippen LogP contribution in [0.1, 0.15) is 37.7 Å². The first kappa shape index (κ1) is 21.0. The van der Waals surface area contributed by atoms with Gasteiger partial charge in [-0.2, -0.15) is 0 Å². The third kappa shape index (κ3) is 8.03. The maximum Gasteiger partial charge on any atom is 0.343 e. The fourth-order valence-electron chi connectivity index (χ4n) is 2.60. The molecule has 0 spiro atoms. The van der Waals surface area contributed by atoms with E-state index >= 15 is 0 Å². The van der Waals surface area contributed by atoms with E-state index in [0.29, 0.717) is 18.6 Å². The van der Waals surface area contributed by atoms with E-state index in [0.717, 1.165) is 31.2 Å². The quantitative estimate of drug-likeness (QED) is 0.460. The van der Waals surface area contributed by atoms with Crippen LogP contribution in [0.5, 0.6) is 5.75 Å². The van der Waals surface area contributed by atoms with Crippen LogP contribution in [0.25, 0.3) is 0 Å². The predicted octanol–water partition coefficient (Wildman–Crippen LogP) is 2.51. The summed E-state index contributed by atoms with van der Waals surface area (Å²) in [4.78, 5) is 23.3. The lowest BCUT2D eigenvalue weighted by atomic mass is 9.93. The summed E-state index contributed by atoms with van der Waals surface area (Å²) in [6, 6.07) is 7.34. The number of para-hydroxylation sites is 1. The Hall–Kier alpha value is -2.08. The van der Waals surface area contributed by atoms with E-state index in [2.05, 4.69) is 4.74 Å². The topological polar surface area (TPSA) is 82.1 Å². The van der Waals surface area contributed by atoms with Crippen molar-refractivity contribution in [1.29, 1.82) is 0 Å². The Bertz CT molecular complexity index is 528. The van der Waals surface area contributed by atoms with E-state index in [1.807, 2.05) is 18.2 Å². The summed E-state index contributed by atoms with van der Waals surface area (Å²) in [6.07, 6.45) is 4.79. The van der Waals surface area contributed by atoms with Crippen LogP contribution in [0, 0.1) is 5.92 Å². The van der Waals surface area contributed by atoms with Gasteiger partial charge in [0.2, 0.25) is 0 Å². The molecule has 140 valence electrons. The van der Waals surface area contributed by atoms with Crippen LogP contribution in [0.15, 0.2) is 24.3 Å². The monoisotopic (exact) mass is 352 g/mol. The molecule has 1 aromatic carbocycles. The maximum absolute atomic E-state index is 12.1. The third-order valence-electron chi connectivity index (χ3n) is 4.01. The molecule has 0 aliphatic heterocycles. The second kappa shape index (κ2) is 12.3. The van der Waals surface area contributed by atoms with Crippen molar-refractivity contribution in [2.75, 3.05) is 27.4 Å². The minimum Gasteiger partial charge on any atom is -0.482 e. The lowest BCUT2D eigenvalue weighted by molar-refractivity contribution is -0.146. The SMILES string of the molecule is COC(=O)COc1ccccc1CC(CCCCCCO)C(=O)OC. The molecule has 0 radical (unpaired) electrons. The summed E-state index contributed by atoms with van der Waals surface area (Å²) in [5.74, 6) is -0.391. The zero-order chi connectivity index (χ0) is 18.5. The largest absolute Gasteiger partial charge is 0.482 e. The fraction of sp³-hybridized carbons (Fsp3) is 0.579. The molecule has 1 unspecified atom stereocenters. The van der Waals surface area contributed by atoms with E-state index in [1.54, 1.807) is 6.07 Å². The van der Waals surface area contributed by atoms with Gasteiger partial charge in [-0.05, 0) is 30.9 Å². The van der Waals surface area contributed by atoms with Gasteiger partial charge >= 0.3 is 11.9 Å². The molecule has 1 atom stereocenters. The average molecular weight is 352 g/mol. The summed E-state index contributed by atoms with van der Waals surface area (Å²) < 4.78 is 15.0. The van der Waals surface area contributed by atoms with Crippen LogP contribution < -0.4 is 4.74 Å². The van der Waals surface area contributed by atoms with Crippen molar-refractivity contribution in [3.8, 4) is 5.75 Å². The van der Waals surface area contributed by atoms with Crippen molar-refractivity contribution in [2.24, 2.45) is 5.92 Å². The first-order valence-corrected chi connectivity index (χ1v) is 8.58. The first-order valence-electron chi connectivity index (χ1n) is 8.58. The van der Waals surface area contributed by atoms with Crippen molar-refractivity contribution >= 4 is 11.9 Å². The summed E-state index contributed by atoms with van der Waals surface area (Å²) in [6.45, 7) is 0.0307. The molecule has 0 aliphatic carbocycles. The predicted molar refractivity (Wildman–Crippen MR) is 93.3 cm³/mol. The molecule has 0 aliphatic rings. The number of ether oxygens (including phenoxy) is 3. The lowest BCUT2D eigenvalue weighted by Gasteiger charge is -2.17. The van der Waals surface area contributed by atoms with Crippen LogP contribution in [0.4, 0.5) is 0 Å². The Morgan fingerprint density at radius 3 is 2.44 bits per heavy atom. The number of methoxy groups -OCH3 is 2. The van der Waals surface area contributed by atoms with Crippen LogP contribution in [-0.4, -0.2) is 44.5 Å². The van der Waals surface area contributed by atoms with Crippen LogP contribution in [0.3, 0.4) is 0 Å². The smallest absolute Gasteiger partial charge is 0.343 e. The summed E-state index contributed by atoms with van der Waals surface area (Å²) in [7, 11) is 2.70. The van der Waals surface area contributed by atoms with Crippen molar-refractivity contribution in [1.82, 2.24) is 0 Å². The third-order valence-corrected chi connectivity index (χ3v) is 4.01. The molecule has 0 heterocycles. The highest BCUT2D eigenvalue weighted by molar-refractivity contribution is 5.73. The molecule has 1 aromatic rings. The number of unbranched alkanes of at least 4 members (excludes halogenated alkanes) is 3. The highest BCUT2D eigenvalue weighted by atomic mass is 16.6. The van der Waals surface area contributed by atoms with E-state index < -0.39 is 5.97 Å².